The number of fused-ring (bicyclic) bond motifs is 1. The minimum Gasteiger partial charge on any atom is -0.487 e. The standard InChI is InChI=1S/C15H23N3O2/c1-12-11-18(5-4-17-6-8-19-9-7-17)14-10-13(16)2-3-15(14)20-12/h2-3,10,12H,4-9,11,16H2,1H3. The van der Waals surface area contributed by atoms with Gasteiger partial charge in [-0.05, 0) is 25.1 Å². The molecule has 2 heterocycles. The Labute approximate surface area is 120 Å². The second-order valence-electron chi connectivity index (χ2n) is 5.56. The van der Waals surface area contributed by atoms with Gasteiger partial charge in [0.05, 0.1) is 25.4 Å². The maximum absolute atomic E-state index is 5.91. The Morgan fingerprint density at radius 1 is 1.25 bits per heavy atom. The van der Waals surface area contributed by atoms with Crippen LogP contribution >= 0.6 is 0 Å². The molecule has 2 aliphatic heterocycles. The molecule has 110 valence electrons. The van der Waals surface area contributed by atoms with Gasteiger partial charge in [0, 0.05) is 31.9 Å². The average molecular weight is 277 g/mol. The minimum atomic E-state index is 0.218. The number of anilines is 2. The van der Waals surface area contributed by atoms with Crippen LogP contribution in [0.25, 0.3) is 0 Å². The fourth-order valence-electron chi connectivity index (χ4n) is 2.84. The number of nitrogens with two attached hydrogens (primary N) is 1. The van der Waals surface area contributed by atoms with E-state index in [1.807, 2.05) is 18.2 Å². The highest BCUT2D eigenvalue weighted by Gasteiger charge is 2.23. The number of rotatable bonds is 3. The van der Waals surface area contributed by atoms with Crippen molar-refractivity contribution in [3.63, 3.8) is 0 Å². The molecule has 1 saturated heterocycles. The van der Waals surface area contributed by atoms with Crippen molar-refractivity contribution < 1.29 is 9.47 Å². The van der Waals surface area contributed by atoms with Gasteiger partial charge in [-0.2, -0.15) is 0 Å². The average Bonchev–Trinajstić information content (AvgIpc) is 2.46. The van der Waals surface area contributed by atoms with E-state index in [2.05, 4.69) is 16.7 Å². The second-order valence-corrected chi connectivity index (χ2v) is 5.56. The van der Waals surface area contributed by atoms with Crippen molar-refractivity contribution in [3.05, 3.63) is 18.2 Å². The van der Waals surface area contributed by atoms with E-state index in [0.717, 1.165) is 63.1 Å². The van der Waals surface area contributed by atoms with Crippen molar-refractivity contribution in [3.8, 4) is 5.75 Å². The maximum atomic E-state index is 5.91. The zero-order valence-electron chi connectivity index (χ0n) is 12.0. The van der Waals surface area contributed by atoms with E-state index >= 15 is 0 Å². The first-order chi connectivity index (χ1) is 9.72. The first kappa shape index (κ1) is 13.5. The van der Waals surface area contributed by atoms with E-state index in [1.54, 1.807) is 0 Å². The van der Waals surface area contributed by atoms with Crippen molar-refractivity contribution in [1.29, 1.82) is 0 Å². The topological polar surface area (TPSA) is 51.0 Å². The molecule has 1 atom stereocenters. The van der Waals surface area contributed by atoms with Gasteiger partial charge in [0.1, 0.15) is 11.9 Å². The Hall–Kier alpha value is -1.46. The summed E-state index contributed by atoms with van der Waals surface area (Å²) in [5.74, 6) is 0.944. The lowest BCUT2D eigenvalue weighted by atomic mass is 10.2. The monoisotopic (exact) mass is 277 g/mol. The molecule has 2 N–H and O–H groups in total. The molecule has 5 heteroatoms. The van der Waals surface area contributed by atoms with E-state index in [9.17, 15) is 0 Å². The molecule has 1 aromatic rings. The molecule has 0 spiro atoms. The van der Waals surface area contributed by atoms with Gasteiger partial charge in [-0.25, -0.2) is 0 Å². The van der Waals surface area contributed by atoms with Crippen LogP contribution in [0.3, 0.4) is 0 Å². The first-order valence-electron chi connectivity index (χ1n) is 7.33. The van der Waals surface area contributed by atoms with E-state index < -0.39 is 0 Å². The largest absolute Gasteiger partial charge is 0.487 e. The maximum Gasteiger partial charge on any atom is 0.143 e. The Bertz CT molecular complexity index is 460. The van der Waals surface area contributed by atoms with Crippen molar-refractivity contribution in [1.82, 2.24) is 4.90 Å². The number of benzene rings is 1. The van der Waals surface area contributed by atoms with E-state index in [1.165, 1.54) is 0 Å². The predicted molar refractivity (Wildman–Crippen MR) is 80.4 cm³/mol. The molecule has 5 nitrogen and oxygen atoms in total. The van der Waals surface area contributed by atoms with Gasteiger partial charge in [-0.15, -0.1) is 0 Å². The summed E-state index contributed by atoms with van der Waals surface area (Å²) >= 11 is 0. The number of nitrogen functional groups attached to an aromatic ring is 1. The summed E-state index contributed by atoms with van der Waals surface area (Å²) in [4.78, 5) is 4.84. The lowest BCUT2D eigenvalue weighted by Gasteiger charge is -2.37. The molecule has 0 amide bonds. The van der Waals surface area contributed by atoms with Gasteiger partial charge in [0.2, 0.25) is 0 Å². The van der Waals surface area contributed by atoms with Crippen LogP contribution in [0, 0.1) is 0 Å². The van der Waals surface area contributed by atoms with Crippen LogP contribution in [-0.2, 0) is 4.74 Å². The van der Waals surface area contributed by atoms with E-state index in [4.69, 9.17) is 15.2 Å². The summed E-state index contributed by atoms with van der Waals surface area (Å²) in [5.41, 5.74) is 7.82. The zero-order valence-corrected chi connectivity index (χ0v) is 12.0. The summed E-state index contributed by atoms with van der Waals surface area (Å²) in [7, 11) is 0. The van der Waals surface area contributed by atoms with Crippen molar-refractivity contribution in [2.45, 2.75) is 13.0 Å². The highest BCUT2D eigenvalue weighted by Crippen LogP contribution is 2.34. The summed E-state index contributed by atoms with van der Waals surface area (Å²) in [6, 6.07) is 5.89. The van der Waals surface area contributed by atoms with Crippen LogP contribution in [0.1, 0.15) is 6.92 Å². The van der Waals surface area contributed by atoms with Crippen molar-refractivity contribution in [2.75, 3.05) is 56.6 Å². The molecule has 0 saturated carbocycles. The second kappa shape index (κ2) is 5.89. The molecular formula is C15H23N3O2. The summed E-state index contributed by atoms with van der Waals surface area (Å²) < 4.78 is 11.3. The van der Waals surface area contributed by atoms with Gasteiger partial charge in [-0.3, -0.25) is 4.90 Å². The Balaban J connectivity index is 1.68. The van der Waals surface area contributed by atoms with Gasteiger partial charge in [0.25, 0.3) is 0 Å². The summed E-state index contributed by atoms with van der Waals surface area (Å²) in [5, 5.41) is 0. The lowest BCUT2D eigenvalue weighted by molar-refractivity contribution is 0.0388. The molecule has 20 heavy (non-hydrogen) atoms. The van der Waals surface area contributed by atoms with E-state index in [-0.39, 0.29) is 6.10 Å². The highest BCUT2D eigenvalue weighted by molar-refractivity contribution is 5.66. The summed E-state index contributed by atoms with van der Waals surface area (Å²) in [6.45, 7) is 8.86. The van der Waals surface area contributed by atoms with Gasteiger partial charge in [-0.1, -0.05) is 0 Å². The predicted octanol–water partition coefficient (Wildman–Crippen LogP) is 1.19. The van der Waals surface area contributed by atoms with Crippen molar-refractivity contribution >= 4 is 11.4 Å². The Morgan fingerprint density at radius 3 is 2.85 bits per heavy atom. The van der Waals surface area contributed by atoms with Crippen LogP contribution < -0.4 is 15.4 Å². The molecule has 0 radical (unpaired) electrons. The quantitative estimate of drug-likeness (QED) is 0.841. The van der Waals surface area contributed by atoms with Crippen LogP contribution in [0.2, 0.25) is 0 Å². The number of hydrogen-bond donors (Lipinski definition) is 1. The molecule has 2 aliphatic rings. The molecule has 1 unspecified atom stereocenters. The number of hydrogen-bond acceptors (Lipinski definition) is 5. The number of ether oxygens (including phenoxy) is 2. The lowest BCUT2D eigenvalue weighted by Crippen LogP contribution is -2.45. The fourth-order valence-corrected chi connectivity index (χ4v) is 2.84. The molecule has 0 aromatic heterocycles. The van der Waals surface area contributed by atoms with Crippen LogP contribution in [0.5, 0.6) is 5.75 Å². The Kier molecular flexibility index (Phi) is 3.98. The van der Waals surface area contributed by atoms with Gasteiger partial charge < -0.3 is 20.1 Å². The SMILES string of the molecule is CC1CN(CCN2CCOCC2)c2cc(N)ccc2O1. The number of nitrogens with zero attached hydrogens (tertiary/aromatic N) is 2. The minimum absolute atomic E-state index is 0.218. The van der Waals surface area contributed by atoms with Crippen LogP contribution in [-0.4, -0.2) is 56.9 Å². The smallest absolute Gasteiger partial charge is 0.143 e. The zero-order chi connectivity index (χ0) is 13.9. The molecular weight excluding hydrogens is 254 g/mol. The Morgan fingerprint density at radius 2 is 2.05 bits per heavy atom. The van der Waals surface area contributed by atoms with Crippen molar-refractivity contribution in [2.24, 2.45) is 0 Å². The molecule has 0 aliphatic carbocycles. The number of morpholine rings is 1. The normalized spacial score (nSPS) is 23.2. The molecule has 3 rings (SSSR count). The van der Waals surface area contributed by atoms with Crippen LogP contribution in [0.15, 0.2) is 18.2 Å². The molecule has 1 aromatic carbocycles. The fraction of sp³-hybridized carbons (Fsp3) is 0.600. The third kappa shape index (κ3) is 2.99. The first-order valence-corrected chi connectivity index (χ1v) is 7.33. The molecule has 1 fully saturated rings. The van der Waals surface area contributed by atoms with Gasteiger partial charge in [0.15, 0.2) is 0 Å². The van der Waals surface area contributed by atoms with Crippen LogP contribution in [0.4, 0.5) is 11.4 Å². The van der Waals surface area contributed by atoms with Gasteiger partial charge >= 0.3 is 0 Å². The summed E-state index contributed by atoms with van der Waals surface area (Å²) in [6.07, 6.45) is 0.218. The molecule has 0 bridgehead atoms. The highest BCUT2D eigenvalue weighted by atomic mass is 16.5. The third-order valence-corrected chi connectivity index (χ3v) is 3.92. The van der Waals surface area contributed by atoms with E-state index in [0.29, 0.717) is 0 Å². The third-order valence-electron chi connectivity index (χ3n) is 3.92.